The summed E-state index contributed by atoms with van der Waals surface area (Å²) in [5.41, 5.74) is 5.19. The summed E-state index contributed by atoms with van der Waals surface area (Å²) in [5.74, 6) is 0.675. The van der Waals surface area contributed by atoms with Gasteiger partial charge in [-0.15, -0.1) is 0 Å². The molecule has 1 unspecified atom stereocenters. The van der Waals surface area contributed by atoms with Gasteiger partial charge in [0.25, 0.3) is 0 Å². The van der Waals surface area contributed by atoms with Gasteiger partial charge in [0.15, 0.2) is 0 Å². The lowest BCUT2D eigenvalue weighted by molar-refractivity contribution is 0.300. The summed E-state index contributed by atoms with van der Waals surface area (Å²) in [4.78, 5) is 2.42. The summed E-state index contributed by atoms with van der Waals surface area (Å²) in [6.07, 6.45) is 2.42. The van der Waals surface area contributed by atoms with Crippen LogP contribution in [0.25, 0.3) is 0 Å². The summed E-state index contributed by atoms with van der Waals surface area (Å²) >= 11 is 0. The predicted octanol–water partition coefficient (Wildman–Crippen LogP) is 5.24. The Morgan fingerprint density at radius 1 is 1.10 bits per heavy atom. The van der Waals surface area contributed by atoms with Gasteiger partial charge in [0.05, 0.1) is 0 Å². The van der Waals surface area contributed by atoms with Crippen molar-refractivity contribution in [1.29, 1.82) is 0 Å². The van der Waals surface area contributed by atoms with Crippen LogP contribution in [-0.4, -0.2) is 13.6 Å². The molecule has 0 N–H and O–H groups in total. The first kappa shape index (κ1) is 15.4. The molecule has 112 valence electrons. The zero-order chi connectivity index (χ0) is 15.1. The summed E-state index contributed by atoms with van der Waals surface area (Å²) in [7, 11) is 2.22. The average Bonchev–Trinajstić information content (AvgIpc) is 2.25. The smallest absolute Gasteiger partial charge is 0.0399 e. The highest BCUT2D eigenvalue weighted by molar-refractivity contribution is 5.58. The van der Waals surface area contributed by atoms with Gasteiger partial charge in [-0.2, -0.15) is 0 Å². The third-order valence-corrected chi connectivity index (χ3v) is 4.41. The van der Waals surface area contributed by atoms with Crippen LogP contribution in [0, 0.1) is 10.8 Å². The minimum atomic E-state index is 0.344. The van der Waals surface area contributed by atoms with Gasteiger partial charge < -0.3 is 4.90 Å². The van der Waals surface area contributed by atoms with Crippen LogP contribution in [0.3, 0.4) is 0 Å². The van der Waals surface area contributed by atoms with Crippen LogP contribution in [0.2, 0.25) is 0 Å². The number of anilines is 1. The van der Waals surface area contributed by atoms with Crippen molar-refractivity contribution in [1.82, 2.24) is 0 Å². The number of nitrogens with zero attached hydrogens (tertiary/aromatic N) is 1. The Kier molecular flexibility index (Phi) is 3.92. The standard InChI is InChI=1S/C19H31N/c1-18(2,3)13-14-8-9-17-15(12-14)16(19(4,5)6)10-11-20(17)7/h8-9,12,16H,10-11,13H2,1-7H3. The summed E-state index contributed by atoms with van der Waals surface area (Å²) < 4.78 is 0. The Morgan fingerprint density at radius 3 is 2.30 bits per heavy atom. The second-order valence-corrected chi connectivity index (χ2v) is 8.76. The topological polar surface area (TPSA) is 3.24 Å². The van der Waals surface area contributed by atoms with E-state index in [0.717, 1.165) is 6.42 Å². The van der Waals surface area contributed by atoms with Crippen molar-refractivity contribution >= 4 is 5.69 Å². The summed E-state index contributed by atoms with van der Waals surface area (Å²) in [5, 5.41) is 0. The zero-order valence-electron chi connectivity index (χ0n) is 14.4. The molecule has 0 saturated heterocycles. The predicted molar refractivity (Wildman–Crippen MR) is 89.7 cm³/mol. The molecule has 1 heteroatoms. The third kappa shape index (κ3) is 3.37. The van der Waals surface area contributed by atoms with Gasteiger partial charge in [-0.3, -0.25) is 0 Å². The molecule has 0 amide bonds. The van der Waals surface area contributed by atoms with Gasteiger partial charge in [-0.05, 0) is 46.8 Å². The number of fused-ring (bicyclic) bond motifs is 1. The fraction of sp³-hybridized carbons (Fsp3) is 0.684. The Balaban J connectivity index is 2.42. The van der Waals surface area contributed by atoms with Crippen LogP contribution in [-0.2, 0) is 6.42 Å². The van der Waals surface area contributed by atoms with Crippen molar-refractivity contribution < 1.29 is 0 Å². The molecule has 1 atom stereocenters. The van der Waals surface area contributed by atoms with Crippen molar-refractivity contribution in [2.45, 2.75) is 60.3 Å². The van der Waals surface area contributed by atoms with Crippen LogP contribution in [0.15, 0.2) is 18.2 Å². The van der Waals surface area contributed by atoms with Crippen LogP contribution >= 0.6 is 0 Å². The normalized spacial score (nSPS) is 19.9. The maximum Gasteiger partial charge on any atom is 0.0399 e. The SMILES string of the molecule is CN1CCC(C(C)(C)C)c2cc(CC(C)(C)C)ccc21. The first-order valence-electron chi connectivity index (χ1n) is 7.92. The third-order valence-electron chi connectivity index (χ3n) is 4.41. The molecule has 2 rings (SSSR count). The minimum Gasteiger partial charge on any atom is -0.374 e. The van der Waals surface area contributed by atoms with E-state index in [4.69, 9.17) is 0 Å². The number of hydrogen-bond acceptors (Lipinski definition) is 1. The molecule has 1 aliphatic rings. The first-order chi connectivity index (χ1) is 9.08. The Morgan fingerprint density at radius 2 is 1.75 bits per heavy atom. The second-order valence-electron chi connectivity index (χ2n) is 8.76. The maximum absolute atomic E-state index is 2.48. The van der Waals surface area contributed by atoms with E-state index in [1.54, 1.807) is 5.56 Å². The molecule has 0 aliphatic carbocycles. The van der Waals surface area contributed by atoms with Gasteiger partial charge in [0, 0.05) is 19.3 Å². The molecule has 20 heavy (non-hydrogen) atoms. The highest BCUT2D eigenvalue weighted by atomic mass is 15.1. The number of hydrogen-bond donors (Lipinski definition) is 0. The van der Waals surface area contributed by atoms with Crippen molar-refractivity contribution in [2.24, 2.45) is 10.8 Å². The molecule has 1 aromatic carbocycles. The molecule has 0 spiro atoms. The minimum absolute atomic E-state index is 0.344. The van der Waals surface area contributed by atoms with Crippen LogP contribution < -0.4 is 4.90 Å². The quantitative estimate of drug-likeness (QED) is 0.676. The number of rotatable bonds is 1. The van der Waals surface area contributed by atoms with Crippen molar-refractivity contribution in [3.63, 3.8) is 0 Å². The van der Waals surface area contributed by atoms with E-state index >= 15 is 0 Å². The van der Waals surface area contributed by atoms with Crippen LogP contribution in [0.1, 0.15) is 65.0 Å². The monoisotopic (exact) mass is 273 g/mol. The summed E-state index contributed by atoms with van der Waals surface area (Å²) in [6, 6.07) is 7.14. The number of benzene rings is 1. The van der Waals surface area contributed by atoms with E-state index in [-0.39, 0.29) is 0 Å². The lowest BCUT2D eigenvalue weighted by atomic mass is 9.72. The van der Waals surface area contributed by atoms with Crippen molar-refractivity contribution in [3.05, 3.63) is 29.3 Å². The van der Waals surface area contributed by atoms with E-state index in [0.29, 0.717) is 16.7 Å². The highest BCUT2D eigenvalue weighted by Crippen LogP contribution is 2.45. The maximum atomic E-state index is 2.48. The largest absolute Gasteiger partial charge is 0.374 e. The van der Waals surface area contributed by atoms with Crippen LogP contribution in [0.5, 0.6) is 0 Å². The average molecular weight is 273 g/mol. The zero-order valence-corrected chi connectivity index (χ0v) is 14.4. The molecule has 0 aromatic heterocycles. The van der Waals surface area contributed by atoms with Gasteiger partial charge in [0.1, 0.15) is 0 Å². The van der Waals surface area contributed by atoms with Crippen molar-refractivity contribution in [2.75, 3.05) is 18.5 Å². The molecule has 1 heterocycles. The molecular weight excluding hydrogens is 242 g/mol. The van der Waals surface area contributed by atoms with E-state index in [2.05, 4.69) is 71.7 Å². The Labute approximate surface area is 125 Å². The Hall–Kier alpha value is -0.980. The molecule has 1 aliphatic heterocycles. The fourth-order valence-electron chi connectivity index (χ4n) is 3.45. The molecule has 1 aromatic rings. The molecule has 0 bridgehead atoms. The fourth-order valence-corrected chi connectivity index (χ4v) is 3.45. The van der Waals surface area contributed by atoms with Crippen LogP contribution in [0.4, 0.5) is 5.69 Å². The Bertz CT molecular complexity index is 474. The lowest BCUT2D eigenvalue weighted by Crippen LogP contribution is -2.32. The van der Waals surface area contributed by atoms with E-state index in [1.807, 2.05) is 0 Å². The second kappa shape index (κ2) is 5.09. The first-order valence-corrected chi connectivity index (χ1v) is 7.92. The highest BCUT2D eigenvalue weighted by Gasteiger charge is 2.32. The van der Waals surface area contributed by atoms with E-state index in [9.17, 15) is 0 Å². The lowest BCUT2D eigenvalue weighted by Gasteiger charge is -2.40. The molecular formula is C19H31N. The van der Waals surface area contributed by atoms with Gasteiger partial charge in [-0.1, -0.05) is 53.7 Å². The molecule has 1 nitrogen and oxygen atoms in total. The van der Waals surface area contributed by atoms with E-state index in [1.165, 1.54) is 24.2 Å². The molecule has 0 radical (unpaired) electrons. The molecule has 0 saturated carbocycles. The van der Waals surface area contributed by atoms with Gasteiger partial charge in [0.2, 0.25) is 0 Å². The van der Waals surface area contributed by atoms with Crippen molar-refractivity contribution in [3.8, 4) is 0 Å². The van der Waals surface area contributed by atoms with E-state index < -0.39 is 0 Å². The van der Waals surface area contributed by atoms with Gasteiger partial charge in [-0.25, -0.2) is 0 Å². The summed E-state index contributed by atoms with van der Waals surface area (Å²) in [6.45, 7) is 15.3. The molecule has 0 fully saturated rings. The van der Waals surface area contributed by atoms with Gasteiger partial charge >= 0.3 is 0 Å².